The van der Waals surface area contributed by atoms with Crippen LogP contribution in [0.2, 0.25) is 0 Å². The van der Waals surface area contributed by atoms with E-state index in [4.69, 9.17) is 14.2 Å². The lowest BCUT2D eigenvalue weighted by molar-refractivity contribution is -0.136. The standard InChI is InChI=1S/C29H40N2O7/c1-19(2)15-22(26(33)29(3)18-38-29)30-27(34)20-16-24(32)23-10-8-12-31(23)28(35)21-9-4-5-11-25(21)37-14-7-6-13-36-17-20/h4-5,9,11,19-20,22-23H,6-8,10,12-18H2,1-3H3,(H,30,34)/t20-,22-,23-,29+/m0/s1. The maximum Gasteiger partial charge on any atom is 0.258 e. The van der Waals surface area contributed by atoms with E-state index in [0.29, 0.717) is 69.8 Å². The Morgan fingerprint density at radius 1 is 1.13 bits per heavy atom. The molecule has 0 bridgehead atoms. The Labute approximate surface area is 224 Å². The van der Waals surface area contributed by atoms with Crippen LogP contribution in [-0.4, -0.2) is 78.9 Å². The first kappa shape index (κ1) is 28.2. The van der Waals surface area contributed by atoms with Gasteiger partial charge in [0.2, 0.25) is 5.91 Å². The smallest absolute Gasteiger partial charge is 0.258 e. The van der Waals surface area contributed by atoms with E-state index in [1.54, 1.807) is 30.0 Å². The highest BCUT2D eigenvalue weighted by Gasteiger charge is 2.50. The number of Topliss-reactive ketones (excluding diaryl/α,β-unsaturated/α-hetero) is 2. The summed E-state index contributed by atoms with van der Waals surface area (Å²) in [6.07, 6.45) is 3.10. The summed E-state index contributed by atoms with van der Waals surface area (Å²) in [7, 11) is 0. The number of rotatable bonds is 6. The number of carbonyl (C=O) groups is 4. The number of nitrogens with one attached hydrogen (secondary N) is 1. The van der Waals surface area contributed by atoms with Crippen molar-refractivity contribution in [3.63, 3.8) is 0 Å². The molecule has 208 valence electrons. The van der Waals surface area contributed by atoms with E-state index in [-0.39, 0.29) is 42.3 Å². The van der Waals surface area contributed by atoms with Gasteiger partial charge in [0.25, 0.3) is 5.91 Å². The molecule has 0 saturated carbocycles. The van der Waals surface area contributed by atoms with Crippen molar-refractivity contribution in [3.8, 4) is 5.75 Å². The lowest BCUT2D eigenvalue weighted by atomic mass is 9.91. The summed E-state index contributed by atoms with van der Waals surface area (Å²) in [6, 6.07) is 5.81. The quantitative estimate of drug-likeness (QED) is 0.565. The lowest BCUT2D eigenvalue weighted by Crippen LogP contribution is -2.50. The molecule has 3 aliphatic rings. The van der Waals surface area contributed by atoms with E-state index >= 15 is 0 Å². The van der Waals surface area contributed by atoms with Gasteiger partial charge in [-0.05, 0) is 57.1 Å². The second-order valence-corrected chi connectivity index (χ2v) is 11.2. The Bertz CT molecular complexity index is 1040. The number of ether oxygens (including phenoxy) is 3. The molecule has 9 nitrogen and oxygen atoms in total. The molecule has 9 heteroatoms. The van der Waals surface area contributed by atoms with Crippen molar-refractivity contribution in [2.45, 2.75) is 77.0 Å². The van der Waals surface area contributed by atoms with Gasteiger partial charge in [-0.25, -0.2) is 0 Å². The zero-order valence-electron chi connectivity index (χ0n) is 22.7. The molecule has 0 aliphatic carbocycles. The molecule has 38 heavy (non-hydrogen) atoms. The number of fused-ring (bicyclic) bond motifs is 2. The van der Waals surface area contributed by atoms with Gasteiger partial charge < -0.3 is 24.4 Å². The summed E-state index contributed by atoms with van der Waals surface area (Å²) in [4.78, 5) is 55.1. The van der Waals surface area contributed by atoms with Crippen LogP contribution in [-0.2, 0) is 23.9 Å². The Morgan fingerprint density at radius 2 is 1.87 bits per heavy atom. The largest absolute Gasteiger partial charge is 0.493 e. The Hall–Kier alpha value is -2.78. The van der Waals surface area contributed by atoms with Crippen molar-refractivity contribution >= 4 is 23.4 Å². The molecule has 2 saturated heterocycles. The van der Waals surface area contributed by atoms with Crippen LogP contribution in [0.5, 0.6) is 5.75 Å². The minimum atomic E-state index is -0.857. The monoisotopic (exact) mass is 528 g/mol. The minimum absolute atomic E-state index is 0.0607. The average molecular weight is 529 g/mol. The van der Waals surface area contributed by atoms with Crippen LogP contribution in [0.1, 0.15) is 69.7 Å². The minimum Gasteiger partial charge on any atom is -0.493 e. The van der Waals surface area contributed by atoms with E-state index in [1.807, 2.05) is 19.9 Å². The number of para-hydroxylation sites is 1. The van der Waals surface area contributed by atoms with Gasteiger partial charge in [0, 0.05) is 19.6 Å². The molecular weight excluding hydrogens is 488 g/mol. The van der Waals surface area contributed by atoms with Gasteiger partial charge in [0.15, 0.2) is 11.6 Å². The Balaban J connectivity index is 1.52. The topological polar surface area (TPSA) is 115 Å². The summed E-state index contributed by atoms with van der Waals surface area (Å²) >= 11 is 0. The normalized spacial score (nSPS) is 27.4. The van der Waals surface area contributed by atoms with E-state index in [2.05, 4.69) is 5.32 Å². The summed E-state index contributed by atoms with van der Waals surface area (Å²) in [6.45, 7) is 7.45. The zero-order valence-corrected chi connectivity index (χ0v) is 22.7. The van der Waals surface area contributed by atoms with Crippen molar-refractivity contribution < 1.29 is 33.4 Å². The third-order valence-corrected chi connectivity index (χ3v) is 7.52. The SMILES string of the molecule is CC(C)C[C@H](NC(=O)[C@@H]1COCCCCOc2ccccc2C(=O)N2CCC[C@H]2C(=O)C1)C(=O)[C@@]1(C)CO1. The maximum atomic E-state index is 13.5. The van der Waals surface area contributed by atoms with E-state index in [0.717, 1.165) is 0 Å². The van der Waals surface area contributed by atoms with E-state index in [1.165, 1.54) is 0 Å². The van der Waals surface area contributed by atoms with Crippen LogP contribution in [0.25, 0.3) is 0 Å². The van der Waals surface area contributed by atoms with Gasteiger partial charge >= 0.3 is 0 Å². The lowest BCUT2D eigenvalue weighted by Gasteiger charge is -2.27. The predicted octanol–water partition coefficient (Wildman–Crippen LogP) is 2.94. The summed E-state index contributed by atoms with van der Waals surface area (Å²) in [5.41, 5.74) is -0.414. The molecule has 0 unspecified atom stereocenters. The number of ketones is 2. The average Bonchev–Trinajstić information content (AvgIpc) is 3.44. The maximum absolute atomic E-state index is 13.5. The van der Waals surface area contributed by atoms with E-state index < -0.39 is 23.6 Å². The first-order valence-electron chi connectivity index (χ1n) is 13.8. The number of benzene rings is 1. The van der Waals surface area contributed by atoms with Crippen molar-refractivity contribution in [1.29, 1.82) is 0 Å². The predicted molar refractivity (Wildman–Crippen MR) is 140 cm³/mol. The molecule has 3 heterocycles. The second-order valence-electron chi connectivity index (χ2n) is 11.2. The van der Waals surface area contributed by atoms with Crippen LogP contribution >= 0.6 is 0 Å². The van der Waals surface area contributed by atoms with Gasteiger partial charge in [-0.1, -0.05) is 26.0 Å². The van der Waals surface area contributed by atoms with Gasteiger partial charge in [-0.2, -0.15) is 0 Å². The zero-order chi connectivity index (χ0) is 27.3. The first-order valence-corrected chi connectivity index (χ1v) is 13.8. The fourth-order valence-corrected chi connectivity index (χ4v) is 5.20. The second kappa shape index (κ2) is 12.4. The van der Waals surface area contributed by atoms with Crippen molar-refractivity contribution in [2.24, 2.45) is 11.8 Å². The molecule has 4 atom stereocenters. The van der Waals surface area contributed by atoms with Crippen LogP contribution in [0, 0.1) is 11.8 Å². The highest BCUT2D eigenvalue weighted by molar-refractivity contribution is 6.01. The van der Waals surface area contributed by atoms with Gasteiger partial charge in [0.05, 0.1) is 43.4 Å². The molecule has 4 rings (SSSR count). The Kier molecular flexibility index (Phi) is 9.20. The molecule has 1 aromatic carbocycles. The number of hydrogen-bond donors (Lipinski definition) is 1. The highest BCUT2D eigenvalue weighted by atomic mass is 16.6. The number of carbonyl (C=O) groups excluding carboxylic acids is 4. The fourth-order valence-electron chi connectivity index (χ4n) is 5.20. The number of amides is 2. The van der Waals surface area contributed by atoms with Crippen LogP contribution in [0.15, 0.2) is 24.3 Å². The third kappa shape index (κ3) is 6.80. The first-order chi connectivity index (χ1) is 18.2. The van der Waals surface area contributed by atoms with Gasteiger partial charge in [0.1, 0.15) is 11.4 Å². The van der Waals surface area contributed by atoms with E-state index in [9.17, 15) is 19.2 Å². The molecule has 0 radical (unpaired) electrons. The Morgan fingerprint density at radius 3 is 2.61 bits per heavy atom. The van der Waals surface area contributed by atoms with Crippen molar-refractivity contribution in [3.05, 3.63) is 29.8 Å². The van der Waals surface area contributed by atoms with Gasteiger partial charge in [-0.15, -0.1) is 0 Å². The molecule has 3 aliphatic heterocycles. The third-order valence-electron chi connectivity index (χ3n) is 7.52. The molecule has 1 N–H and O–H groups in total. The fraction of sp³-hybridized carbons (Fsp3) is 0.655. The number of hydrogen-bond acceptors (Lipinski definition) is 7. The van der Waals surface area contributed by atoms with Crippen molar-refractivity contribution in [1.82, 2.24) is 10.2 Å². The van der Waals surface area contributed by atoms with Gasteiger partial charge in [-0.3, -0.25) is 19.2 Å². The molecule has 0 spiro atoms. The molecule has 2 amide bonds. The molecule has 0 aromatic heterocycles. The van der Waals surface area contributed by atoms with Crippen LogP contribution in [0.4, 0.5) is 0 Å². The molecule has 1 aromatic rings. The van der Waals surface area contributed by atoms with Crippen LogP contribution in [0.3, 0.4) is 0 Å². The molecular formula is C29H40N2O7. The number of nitrogens with zero attached hydrogens (tertiary/aromatic N) is 1. The summed E-state index contributed by atoms with van der Waals surface area (Å²) in [5.74, 6) is -0.992. The highest BCUT2D eigenvalue weighted by Crippen LogP contribution is 2.30. The summed E-state index contributed by atoms with van der Waals surface area (Å²) < 4.78 is 17.1. The summed E-state index contributed by atoms with van der Waals surface area (Å²) in [5, 5.41) is 2.91. The van der Waals surface area contributed by atoms with Crippen LogP contribution < -0.4 is 10.1 Å². The molecule has 2 fully saturated rings. The number of epoxide rings is 1. The van der Waals surface area contributed by atoms with Crippen molar-refractivity contribution in [2.75, 3.05) is 33.0 Å².